The molecule has 10 heavy (non-hydrogen) atoms. The van der Waals surface area contributed by atoms with Gasteiger partial charge < -0.3 is 0 Å². The minimum Gasteiger partial charge on any atom is -0.254 e. The lowest BCUT2D eigenvalue weighted by atomic mass is 10.5. The van der Waals surface area contributed by atoms with E-state index in [1.165, 1.54) is 18.1 Å². The van der Waals surface area contributed by atoms with Crippen LogP contribution < -0.4 is 0 Å². The number of hydrogen-bond donors (Lipinski definition) is 1. The summed E-state index contributed by atoms with van der Waals surface area (Å²) >= 11 is 1.36. The SMILES string of the molecule is CC(C#N)Sc1ncn[nH]1. The Balaban J connectivity index is 2.50. The van der Waals surface area contributed by atoms with E-state index < -0.39 is 0 Å². The molecule has 0 aromatic carbocycles. The Kier molecular flexibility index (Phi) is 2.29. The van der Waals surface area contributed by atoms with Gasteiger partial charge in [-0.05, 0) is 6.92 Å². The van der Waals surface area contributed by atoms with Gasteiger partial charge in [-0.2, -0.15) is 10.4 Å². The summed E-state index contributed by atoms with van der Waals surface area (Å²) in [5.41, 5.74) is 0. The van der Waals surface area contributed by atoms with Crippen molar-refractivity contribution in [3.05, 3.63) is 6.33 Å². The number of hydrogen-bond acceptors (Lipinski definition) is 4. The highest BCUT2D eigenvalue weighted by molar-refractivity contribution is 7.99. The van der Waals surface area contributed by atoms with Crippen LogP contribution in [0.2, 0.25) is 0 Å². The molecule has 1 N–H and O–H groups in total. The Labute approximate surface area is 62.7 Å². The highest BCUT2D eigenvalue weighted by Gasteiger charge is 2.02. The summed E-state index contributed by atoms with van der Waals surface area (Å²) in [6, 6.07) is 2.08. The molecule has 0 amide bonds. The highest BCUT2D eigenvalue weighted by atomic mass is 32.2. The smallest absolute Gasteiger partial charge is 0.184 e. The lowest BCUT2D eigenvalue weighted by molar-refractivity contribution is 0.969. The van der Waals surface area contributed by atoms with Crippen LogP contribution in [0.15, 0.2) is 11.5 Å². The number of thioether (sulfide) groups is 1. The summed E-state index contributed by atoms with van der Waals surface area (Å²) in [4.78, 5) is 3.85. The molecule has 4 nitrogen and oxygen atoms in total. The van der Waals surface area contributed by atoms with Gasteiger partial charge >= 0.3 is 0 Å². The molecule has 1 aromatic rings. The molecule has 0 spiro atoms. The number of nitrogens with zero attached hydrogens (tertiary/aromatic N) is 3. The Morgan fingerprint density at radius 3 is 3.20 bits per heavy atom. The monoisotopic (exact) mass is 154 g/mol. The second kappa shape index (κ2) is 3.22. The fourth-order valence-corrected chi connectivity index (χ4v) is 1.05. The van der Waals surface area contributed by atoms with Crippen LogP contribution in [0.3, 0.4) is 0 Å². The molecule has 0 aliphatic heterocycles. The standard InChI is InChI=1S/C5H6N4S/c1-4(2-6)10-5-7-3-8-9-5/h3-4H,1H3,(H,7,8,9). The molecule has 1 unspecified atom stereocenters. The maximum absolute atomic E-state index is 8.40. The van der Waals surface area contributed by atoms with Crippen molar-refractivity contribution in [1.82, 2.24) is 15.2 Å². The van der Waals surface area contributed by atoms with Crippen LogP contribution in [0.4, 0.5) is 0 Å². The van der Waals surface area contributed by atoms with Crippen molar-refractivity contribution < 1.29 is 0 Å². The summed E-state index contributed by atoms with van der Waals surface area (Å²) < 4.78 is 0. The minimum absolute atomic E-state index is 0.0760. The molecule has 1 rings (SSSR count). The Morgan fingerprint density at radius 2 is 2.70 bits per heavy atom. The molecule has 0 aliphatic rings. The van der Waals surface area contributed by atoms with Crippen LogP contribution in [-0.4, -0.2) is 20.4 Å². The minimum atomic E-state index is -0.0760. The summed E-state index contributed by atoms with van der Waals surface area (Å²) in [6.45, 7) is 1.81. The summed E-state index contributed by atoms with van der Waals surface area (Å²) in [7, 11) is 0. The van der Waals surface area contributed by atoms with E-state index in [0.717, 1.165) is 0 Å². The highest BCUT2D eigenvalue weighted by Crippen LogP contribution is 2.16. The van der Waals surface area contributed by atoms with Crippen LogP contribution in [0.25, 0.3) is 0 Å². The van der Waals surface area contributed by atoms with Crippen LogP contribution in [0.1, 0.15) is 6.92 Å². The van der Waals surface area contributed by atoms with E-state index in [4.69, 9.17) is 5.26 Å². The molecule has 0 aliphatic carbocycles. The number of rotatable bonds is 2. The third-order valence-electron chi connectivity index (χ3n) is 0.863. The van der Waals surface area contributed by atoms with Crippen molar-refractivity contribution in [2.24, 2.45) is 0 Å². The number of nitrogens with one attached hydrogen (secondary N) is 1. The molecule has 1 heterocycles. The molecule has 5 heteroatoms. The van der Waals surface area contributed by atoms with Crippen LogP contribution in [0.5, 0.6) is 0 Å². The predicted molar refractivity (Wildman–Crippen MR) is 37.3 cm³/mol. The summed E-state index contributed by atoms with van der Waals surface area (Å²) in [6.07, 6.45) is 1.42. The summed E-state index contributed by atoms with van der Waals surface area (Å²) in [5.74, 6) is 0. The van der Waals surface area contributed by atoms with Crippen LogP contribution >= 0.6 is 11.8 Å². The molecular weight excluding hydrogens is 148 g/mol. The van der Waals surface area contributed by atoms with Crippen molar-refractivity contribution in [2.45, 2.75) is 17.3 Å². The second-order valence-corrected chi connectivity index (χ2v) is 3.01. The average Bonchev–Trinajstić information content (AvgIpc) is 2.40. The second-order valence-electron chi connectivity index (χ2n) is 1.68. The first-order chi connectivity index (χ1) is 4.83. The molecule has 0 bridgehead atoms. The largest absolute Gasteiger partial charge is 0.254 e. The third kappa shape index (κ3) is 1.74. The molecule has 1 atom stereocenters. The van der Waals surface area contributed by atoms with Gasteiger partial charge in [-0.25, -0.2) is 4.98 Å². The maximum Gasteiger partial charge on any atom is 0.184 e. The fraction of sp³-hybridized carbons (Fsp3) is 0.400. The topological polar surface area (TPSA) is 65.4 Å². The van der Waals surface area contributed by atoms with Crippen LogP contribution in [0, 0.1) is 11.3 Å². The van der Waals surface area contributed by atoms with E-state index in [2.05, 4.69) is 21.3 Å². The zero-order valence-electron chi connectivity index (χ0n) is 5.40. The van der Waals surface area contributed by atoms with Gasteiger partial charge in [0.15, 0.2) is 5.16 Å². The molecular formula is C5H6N4S. The lowest BCUT2D eigenvalue weighted by Crippen LogP contribution is -1.90. The quantitative estimate of drug-likeness (QED) is 0.640. The molecule has 0 fully saturated rings. The zero-order valence-corrected chi connectivity index (χ0v) is 6.22. The molecule has 52 valence electrons. The first-order valence-corrected chi connectivity index (χ1v) is 3.62. The number of nitriles is 1. The van der Waals surface area contributed by atoms with Crippen molar-refractivity contribution in [2.75, 3.05) is 0 Å². The Hall–Kier alpha value is -1.02. The van der Waals surface area contributed by atoms with Crippen molar-refractivity contribution >= 4 is 11.8 Å². The average molecular weight is 154 g/mol. The third-order valence-corrected chi connectivity index (χ3v) is 1.74. The number of H-pyrrole nitrogens is 1. The van der Waals surface area contributed by atoms with E-state index >= 15 is 0 Å². The van der Waals surface area contributed by atoms with Gasteiger partial charge in [0.1, 0.15) is 6.33 Å². The van der Waals surface area contributed by atoms with E-state index in [1.807, 2.05) is 6.92 Å². The van der Waals surface area contributed by atoms with Gasteiger partial charge in [-0.3, -0.25) is 5.10 Å². The first-order valence-electron chi connectivity index (χ1n) is 2.74. The van der Waals surface area contributed by atoms with E-state index in [-0.39, 0.29) is 5.25 Å². The van der Waals surface area contributed by atoms with Crippen molar-refractivity contribution in [3.8, 4) is 6.07 Å². The fourth-order valence-electron chi connectivity index (χ4n) is 0.445. The van der Waals surface area contributed by atoms with E-state index in [1.54, 1.807) is 0 Å². The van der Waals surface area contributed by atoms with Gasteiger partial charge in [0, 0.05) is 0 Å². The van der Waals surface area contributed by atoms with Gasteiger partial charge in [0.2, 0.25) is 0 Å². The number of aromatic nitrogens is 3. The van der Waals surface area contributed by atoms with Crippen molar-refractivity contribution in [1.29, 1.82) is 5.26 Å². The lowest BCUT2D eigenvalue weighted by Gasteiger charge is -1.94. The zero-order chi connectivity index (χ0) is 7.40. The number of aromatic amines is 1. The van der Waals surface area contributed by atoms with Crippen molar-refractivity contribution in [3.63, 3.8) is 0 Å². The van der Waals surface area contributed by atoms with Gasteiger partial charge in [-0.1, -0.05) is 11.8 Å². The van der Waals surface area contributed by atoms with Gasteiger partial charge in [-0.15, -0.1) is 0 Å². The van der Waals surface area contributed by atoms with E-state index in [0.29, 0.717) is 5.16 Å². The Morgan fingerprint density at radius 1 is 1.90 bits per heavy atom. The van der Waals surface area contributed by atoms with E-state index in [9.17, 15) is 0 Å². The van der Waals surface area contributed by atoms with Gasteiger partial charge in [0.05, 0.1) is 11.3 Å². The van der Waals surface area contributed by atoms with Gasteiger partial charge in [0.25, 0.3) is 0 Å². The maximum atomic E-state index is 8.40. The first kappa shape index (κ1) is 7.09. The summed E-state index contributed by atoms with van der Waals surface area (Å²) in [5, 5.41) is 15.3. The Bertz CT molecular complexity index is 224. The predicted octanol–water partition coefficient (Wildman–Crippen LogP) is 0.809. The molecule has 0 saturated carbocycles. The normalized spacial score (nSPS) is 12.4. The molecule has 0 saturated heterocycles. The molecule has 0 radical (unpaired) electrons. The molecule has 1 aromatic heterocycles. The van der Waals surface area contributed by atoms with Crippen LogP contribution in [-0.2, 0) is 0 Å².